The Balaban J connectivity index is 2.30. The Morgan fingerprint density at radius 3 is 2.37 bits per heavy atom. The molecule has 19 heavy (non-hydrogen) atoms. The standard InChI is InChI=1S/C14H19NO3S/c1-15(2)13(16)4-3-9-19-12-7-5-11(6-8-12)10-14(17)18/h5-8H,3-4,9-10H2,1-2H3,(H,17,18). The molecule has 0 atom stereocenters. The first-order chi connectivity index (χ1) is 8.99. The molecule has 1 rings (SSSR count). The van der Waals surface area contributed by atoms with E-state index >= 15 is 0 Å². The van der Waals surface area contributed by atoms with Gasteiger partial charge in [-0.2, -0.15) is 0 Å². The van der Waals surface area contributed by atoms with Gasteiger partial charge in [0.05, 0.1) is 6.42 Å². The second-order valence-corrected chi connectivity index (χ2v) is 5.62. The van der Waals surface area contributed by atoms with Crippen molar-refractivity contribution in [1.29, 1.82) is 0 Å². The van der Waals surface area contributed by atoms with Crippen molar-refractivity contribution < 1.29 is 14.7 Å². The summed E-state index contributed by atoms with van der Waals surface area (Å²) in [5, 5.41) is 8.67. The van der Waals surface area contributed by atoms with Crippen LogP contribution < -0.4 is 0 Å². The molecule has 0 unspecified atom stereocenters. The number of carbonyl (C=O) groups excluding carboxylic acids is 1. The summed E-state index contributed by atoms with van der Waals surface area (Å²) in [6.07, 6.45) is 1.47. The lowest BCUT2D eigenvalue weighted by Gasteiger charge is -2.09. The molecule has 0 aliphatic rings. The van der Waals surface area contributed by atoms with E-state index in [1.54, 1.807) is 30.8 Å². The molecule has 0 aliphatic heterocycles. The first kappa shape index (κ1) is 15.6. The van der Waals surface area contributed by atoms with E-state index in [0.717, 1.165) is 22.6 Å². The van der Waals surface area contributed by atoms with Gasteiger partial charge in [-0.1, -0.05) is 12.1 Å². The Hall–Kier alpha value is -1.49. The maximum atomic E-state index is 11.4. The van der Waals surface area contributed by atoms with Crippen LogP contribution in [0, 0.1) is 0 Å². The molecule has 1 aromatic carbocycles. The van der Waals surface area contributed by atoms with Gasteiger partial charge in [-0.25, -0.2) is 0 Å². The third-order valence-corrected chi connectivity index (χ3v) is 3.68. The van der Waals surface area contributed by atoms with E-state index in [0.29, 0.717) is 6.42 Å². The maximum Gasteiger partial charge on any atom is 0.307 e. The van der Waals surface area contributed by atoms with E-state index < -0.39 is 5.97 Å². The Morgan fingerprint density at radius 2 is 1.84 bits per heavy atom. The van der Waals surface area contributed by atoms with Crippen LogP contribution in [0.15, 0.2) is 29.2 Å². The highest BCUT2D eigenvalue weighted by Crippen LogP contribution is 2.20. The number of carboxylic acids is 1. The van der Waals surface area contributed by atoms with Gasteiger partial charge in [-0.15, -0.1) is 11.8 Å². The molecule has 104 valence electrons. The zero-order valence-corrected chi connectivity index (χ0v) is 12.1. The van der Waals surface area contributed by atoms with Gasteiger partial charge in [0.25, 0.3) is 0 Å². The average molecular weight is 281 g/mol. The highest BCUT2D eigenvalue weighted by Gasteiger charge is 2.04. The number of hydrogen-bond donors (Lipinski definition) is 1. The molecule has 0 saturated carbocycles. The highest BCUT2D eigenvalue weighted by atomic mass is 32.2. The maximum absolute atomic E-state index is 11.4. The Kier molecular flexibility index (Phi) is 6.42. The molecule has 1 aromatic rings. The topological polar surface area (TPSA) is 57.6 Å². The van der Waals surface area contributed by atoms with Crippen LogP contribution >= 0.6 is 11.8 Å². The number of nitrogens with zero attached hydrogens (tertiary/aromatic N) is 1. The number of aliphatic carboxylic acids is 1. The third kappa shape index (κ3) is 6.29. The fourth-order valence-electron chi connectivity index (χ4n) is 1.52. The van der Waals surface area contributed by atoms with Gasteiger partial charge in [-0.05, 0) is 29.9 Å². The lowest BCUT2D eigenvalue weighted by atomic mass is 10.2. The van der Waals surface area contributed by atoms with Crippen LogP contribution in [-0.2, 0) is 16.0 Å². The van der Waals surface area contributed by atoms with Gasteiger partial charge in [-0.3, -0.25) is 9.59 Å². The van der Waals surface area contributed by atoms with E-state index in [-0.39, 0.29) is 12.3 Å². The SMILES string of the molecule is CN(C)C(=O)CCCSc1ccc(CC(=O)O)cc1. The molecule has 0 saturated heterocycles. The fraction of sp³-hybridized carbons (Fsp3) is 0.429. The summed E-state index contributed by atoms with van der Waals surface area (Å²) >= 11 is 1.68. The molecule has 0 fully saturated rings. The lowest BCUT2D eigenvalue weighted by Crippen LogP contribution is -2.21. The zero-order valence-electron chi connectivity index (χ0n) is 11.3. The van der Waals surface area contributed by atoms with Crippen molar-refractivity contribution in [2.45, 2.75) is 24.2 Å². The number of benzene rings is 1. The van der Waals surface area contributed by atoms with Crippen molar-refractivity contribution in [2.24, 2.45) is 0 Å². The number of rotatable bonds is 7. The summed E-state index contributed by atoms with van der Waals surface area (Å²) in [6, 6.07) is 7.52. The number of carboxylic acid groups (broad SMARTS) is 1. The smallest absolute Gasteiger partial charge is 0.307 e. The molecule has 1 N–H and O–H groups in total. The lowest BCUT2D eigenvalue weighted by molar-refractivity contribution is -0.136. The number of carbonyl (C=O) groups is 2. The van der Waals surface area contributed by atoms with Crippen molar-refractivity contribution in [2.75, 3.05) is 19.8 Å². The summed E-state index contributed by atoms with van der Waals surface area (Å²) in [5.41, 5.74) is 0.805. The van der Waals surface area contributed by atoms with Crippen molar-refractivity contribution >= 4 is 23.6 Å². The molecule has 1 amide bonds. The predicted octanol–water partition coefficient (Wildman–Crippen LogP) is 2.27. The predicted molar refractivity (Wildman–Crippen MR) is 76.4 cm³/mol. The van der Waals surface area contributed by atoms with Crippen LogP contribution in [0.1, 0.15) is 18.4 Å². The zero-order chi connectivity index (χ0) is 14.3. The van der Waals surface area contributed by atoms with E-state index in [1.807, 2.05) is 24.3 Å². The minimum Gasteiger partial charge on any atom is -0.481 e. The van der Waals surface area contributed by atoms with Gasteiger partial charge in [0.1, 0.15) is 0 Å². The van der Waals surface area contributed by atoms with E-state index in [9.17, 15) is 9.59 Å². The fourth-order valence-corrected chi connectivity index (χ4v) is 2.37. The first-order valence-corrected chi connectivity index (χ1v) is 7.11. The average Bonchev–Trinajstić information content (AvgIpc) is 2.35. The van der Waals surface area contributed by atoms with Crippen molar-refractivity contribution in [1.82, 2.24) is 4.90 Å². The van der Waals surface area contributed by atoms with Crippen LogP contribution in [0.3, 0.4) is 0 Å². The van der Waals surface area contributed by atoms with E-state index in [4.69, 9.17) is 5.11 Å². The highest BCUT2D eigenvalue weighted by molar-refractivity contribution is 7.99. The molecule has 0 aromatic heterocycles. The number of thioether (sulfide) groups is 1. The van der Waals surface area contributed by atoms with Gasteiger partial charge in [0.15, 0.2) is 0 Å². The quantitative estimate of drug-likeness (QED) is 0.615. The Labute approximate surface area is 117 Å². The summed E-state index contributed by atoms with van der Waals surface area (Å²) in [7, 11) is 3.52. The van der Waals surface area contributed by atoms with Crippen LogP contribution in [0.4, 0.5) is 0 Å². The molecule has 0 spiro atoms. The molecule has 0 bridgehead atoms. The van der Waals surface area contributed by atoms with Crippen LogP contribution in [0.2, 0.25) is 0 Å². The van der Waals surface area contributed by atoms with E-state index in [2.05, 4.69) is 0 Å². The van der Waals surface area contributed by atoms with Gasteiger partial charge < -0.3 is 10.0 Å². The molecule has 0 aliphatic carbocycles. The normalized spacial score (nSPS) is 10.2. The molecular formula is C14H19NO3S. The van der Waals surface area contributed by atoms with Gasteiger partial charge in [0.2, 0.25) is 5.91 Å². The largest absolute Gasteiger partial charge is 0.481 e. The summed E-state index contributed by atoms with van der Waals surface area (Å²) in [6.45, 7) is 0. The summed E-state index contributed by atoms with van der Waals surface area (Å²) < 4.78 is 0. The van der Waals surface area contributed by atoms with Crippen LogP contribution in [0.25, 0.3) is 0 Å². The van der Waals surface area contributed by atoms with E-state index in [1.165, 1.54) is 0 Å². The second kappa shape index (κ2) is 7.84. The van der Waals surface area contributed by atoms with Crippen LogP contribution in [-0.4, -0.2) is 41.7 Å². The number of amides is 1. The first-order valence-electron chi connectivity index (χ1n) is 6.12. The van der Waals surface area contributed by atoms with Crippen molar-refractivity contribution in [3.63, 3.8) is 0 Å². The summed E-state index contributed by atoms with van der Waals surface area (Å²) in [4.78, 5) is 24.6. The van der Waals surface area contributed by atoms with Crippen molar-refractivity contribution in [3.05, 3.63) is 29.8 Å². The molecule has 5 heteroatoms. The van der Waals surface area contributed by atoms with Crippen LogP contribution in [0.5, 0.6) is 0 Å². The minimum absolute atomic E-state index is 0.0578. The number of hydrogen-bond acceptors (Lipinski definition) is 3. The summed E-state index contributed by atoms with van der Waals surface area (Å²) in [5.74, 6) is 0.220. The van der Waals surface area contributed by atoms with Gasteiger partial charge in [0, 0.05) is 25.4 Å². The Bertz CT molecular complexity index is 429. The second-order valence-electron chi connectivity index (χ2n) is 4.45. The monoisotopic (exact) mass is 281 g/mol. The Morgan fingerprint density at radius 1 is 1.21 bits per heavy atom. The van der Waals surface area contributed by atoms with Crippen molar-refractivity contribution in [3.8, 4) is 0 Å². The molecule has 4 nitrogen and oxygen atoms in total. The minimum atomic E-state index is -0.817. The molecule has 0 heterocycles. The molecular weight excluding hydrogens is 262 g/mol. The van der Waals surface area contributed by atoms with Gasteiger partial charge >= 0.3 is 5.97 Å². The molecule has 0 radical (unpaired) electrons. The third-order valence-electron chi connectivity index (χ3n) is 2.58.